The van der Waals surface area contributed by atoms with E-state index in [-0.39, 0.29) is 18.4 Å². The molecular weight excluding hydrogens is 352 g/mol. The van der Waals surface area contributed by atoms with Crippen molar-refractivity contribution in [3.63, 3.8) is 0 Å². The van der Waals surface area contributed by atoms with Crippen LogP contribution in [0.4, 0.5) is 0 Å². The number of hydrogen-bond donors (Lipinski definition) is 2. The van der Waals surface area contributed by atoms with Gasteiger partial charge in [-0.3, -0.25) is 0 Å². The van der Waals surface area contributed by atoms with E-state index in [1.807, 2.05) is 0 Å². The molecule has 0 aromatic heterocycles. The highest BCUT2D eigenvalue weighted by Gasteiger charge is 2.19. The monoisotopic (exact) mass is 368 g/mol. The van der Waals surface area contributed by atoms with E-state index in [2.05, 4.69) is 26.0 Å². The molecule has 19 heavy (non-hydrogen) atoms. The Kier molecular flexibility index (Phi) is 6.76. The second kappa shape index (κ2) is 7.59. The van der Waals surface area contributed by atoms with E-state index in [1.165, 1.54) is 6.42 Å². The molecule has 1 aromatic rings. The topological polar surface area (TPSA) is 58.2 Å². The predicted octanol–water partition coefficient (Wildman–Crippen LogP) is 2.29. The van der Waals surface area contributed by atoms with Gasteiger partial charge in [0.15, 0.2) is 0 Å². The van der Waals surface area contributed by atoms with Crippen LogP contribution in [0.1, 0.15) is 19.3 Å². The Bertz CT molecular complexity index is 504. The molecule has 1 fully saturated rings. The Morgan fingerprint density at radius 3 is 2.68 bits per heavy atom. The van der Waals surface area contributed by atoms with Gasteiger partial charge in [-0.2, -0.15) is 0 Å². The van der Waals surface area contributed by atoms with Gasteiger partial charge >= 0.3 is 0 Å². The molecule has 1 saturated heterocycles. The van der Waals surface area contributed by atoms with Gasteiger partial charge in [0, 0.05) is 17.1 Å². The number of nitrogens with one attached hydrogen (secondary N) is 2. The third-order valence-electron chi connectivity index (χ3n) is 3.06. The highest BCUT2D eigenvalue weighted by Crippen LogP contribution is 2.20. The molecule has 2 rings (SSSR count). The van der Waals surface area contributed by atoms with Crippen molar-refractivity contribution < 1.29 is 8.42 Å². The second-order valence-corrected chi connectivity index (χ2v) is 7.02. The number of rotatable bonds is 4. The molecular formula is C12H18BrClN2O2S. The summed E-state index contributed by atoms with van der Waals surface area (Å²) >= 11 is 3.26. The molecule has 0 radical (unpaired) electrons. The molecule has 1 aliphatic rings. The van der Waals surface area contributed by atoms with Gasteiger partial charge in [0.2, 0.25) is 10.0 Å². The minimum atomic E-state index is -3.43. The lowest BCUT2D eigenvalue weighted by Gasteiger charge is -2.23. The van der Waals surface area contributed by atoms with Crippen LogP contribution in [0.3, 0.4) is 0 Å². The number of sulfonamides is 1. The Morgan fingerprint density at radius 2 is 2.05 bits per heavy atom. The van der Waals surface area contributed by atoms with Crippen LogP contribution < -0.4 is 10.0 Å². The number of benzene rings is 1. The molecule has 0 aliphatic carbocycles. The smallest absolute Gasteiger partial charge is 0.241 e. The lowest BCUT2D eigenvalue weighted by atomic mass is 10.1. The minimum absolute atomic E-state index is 0. The van der Waals surface area contributed by atoms with Crippen molar-refractivity contribution in [2.24, 2.45) is 0 Å². The first kappa shape index (κ1) is 16.9. The molecule has 0 bridgehead atoms. The van der Waals surface area contributed by atoms with Crippen molar-refractivity contribution in [1.82, 2.24) is 10.0 Å². The Balaban J connectivity index is 0.00000180. The van der Waals surface area contributed by atoms with Crippen LogP contribution in [0, 0.1) is 0 Å². The van der Waals surface area contributed by atoms with E-state index >= 15 is 0 Å². The number of halogens is 2. The fourth-order valence-corrected chi connectivity index (χ4v) is 4.13. The first-order chi connectivity index (χ1) is 8.59. The summed E-state index contributed by atoms with van der Waals surface area (Å²) < 4.78 is 27.5. The van der Waals surface area contributed by atoms with Gasteiger partial charge in [-0.1, -0.05) is 18.6 Å². The van der Waals surface area contributed by atoms with Crippen LogP contribution >= 0.6 is 28.3 Å². The zero-order valence-corrected chi connectivity index (χ0v) is 13.7. The summed E-state index contributed by atoms with van der Waals surface area (Å²) in [5, 5.41) is 3.32. The Labute approximate surface area is 128 Å². The van der Waals surface area contributed by atoms with E-state index in [9.17, 15) is 8.42 Å². The third-order valence-corrected chi connectivity index (χ3v) is 5.49. The van der Waals surface area contributed by atoms with Crippen LogP contribution in [0.25, 0.3) is 0 Å². The molecule has 1 heterocycles. The highest BCUT2D eigenvalue weighted by atomic mass is 79.9. The van der Waals surface area contributed by atoms with Crippen molar-refractivity contribution in [1.29, 1.82) is 0 Å². The van der Waals surface area contributed by atoms with Crippen molar-refractivity contribution in [2.75, 3.05) is 13.1 Å². The molecule has 0 saturated carbocycles. The Hall–Kier alpha value is -0.140. The van der Waals surface area contributed by atoms with Gasteiger partial charge in [0.1, 0.15) is 0 Å². The van der Waals surface area contributed by atoms with Crippen LogP contribution in [-0.4, -0.2) is 27.5 Å². The van der Waals surface area contributed by atoms with E-state index in [4.69, 9.17) is 0 Å². The standard InChI is InChI=1S/C12H17BrN2O2S.ClH/c13-11-6-1-2-7-12(11)18(16,17)15-9-10-5-3-4-8-14-10;/h1-2,6-7,10,14-15H,3-5,8-9H2;1H. The normalized spacial score (nSPS) is 19.7. The number of piperidine rings is 1. The van der Waals surface area contributed by atoms with Gasteiger partial charge in [-0.05, 0) is 47.4 Å². The van der Waals surface area contributed by atoms with Crippen molar-refractivity contribution >= 4 is 38.4 Å². The van der Waals surface area contributed by atoms with Crippen molar-refractivity contribution in [3.8, 4) is 0 Å². The first-order valence-electron chi connectivity index (χ1n) is 6.07. The maximum atomic E-state index is 12.1. The fraction of sp³-hybridized carbons (Fsp3) is 0.500. The average molecular weight is 370 g/mol. The molecule has 1 aromatic carbocycles. The fourth-order valence-electron chi connectivity index (χ4n) is 2.05. The zero-order valence-electron chi connectivity index (χ0n) is 10.4. The van der Waals surface area contributed by atoms with Gasteiger partial charge < -0.3 is 5.32 Å². The van der Waals surface area contributed by atoms with Gasteiger partial charge in [-0.25, -0.2) is 13.1 Å². The lowest BCUT2D eigenvalue weighted by molar-refractivity contribution is 0.398. The van der Waals surface area contributed by atoms with E-state index in [0.29, 0.717) is 15.9 Å². The largest absolute Gasteiger partial charge is 0.313 e. The van der Waals surface area contributed by atoms with Crippen LogP contribution in [0.2, 0.25) is 0 Å². The maximum absolute atomic E-state index is 12.1. The predicted molar refractivity (Wildman–Crippen MR) is 82.2 cm³/mol. The summed E-state index contributed by atoms with van der Waals surface area (Å²) in [6.07, 6.45) is 3.36. The Morgan fingerprint density at radius 1 is 1.32 bits per heavy atom. The molecule has 0 amide bonds. The summed E-state index contributed by atoms with van der Waals surface area (Å²) in [5.41, 5.74) is 0. The molecule has 0 spiro atoms. The van der Waals surface area contributed by atoms with Gasteiger partial charge in [0.25, 0.3) is 0 Å². The quantitative estimate of drug-likeness (QED) is 0.856. The third kappa shape index (κ3) is 4.72. The molecule has 1 atom stereocenters. The van der Waals surface area contributed by atoms with Gasteiger partial charge in [-0.15, -0.1) is 12.4 Å². The molecule has 1 aliphatic heterocycles. The molecule has 108 valence electrons. The average Bonchev–Trinajstić information content (AvgIpc) is 2.38. The van der Waals surface area contributed by atoms with Gasteiger partial charge in [0.05, 0.1) is 4.90 Å². The SMILES string of the molecule is Cl.O=S(=O)(NCC1CCCCN1)c1ccccc1Br. The summed E-state index contributed by atoms with van der Waals surface area (Å²) in [6, 6.07) is 7.09. The zero-order chi connectivity index (χ0) is 13.0. The van der Waals surface area contributed by atoms with Crippen molar-refractivity contribution in [2.45, 2.75) is 30.2 Å². The molecule has 1 unspecified atom stereocenters. The molecule has 2 N–H and O–H groups in total. The maximum Gasteiger partial charge on any atom is 0.241 e. The summed E-state index contributed by atoms with van der Waals surface area (Å²) in [7, 11) is -3.43. The van der Waals surface area contributed by atoms with Crippen LogP contribution in [0.15, 0.2) is 33.6 Å². The summed E-state index contributed by atoms with van der Waals surface area (Å²) in [6.45, 7) is 1.42. The first-order valence-corrected chi connectivity index (χ1v) is 8.35. The van der Waals surface area contributed by atoms with E-state index in [0.717, 1.165) is 19.4 Å². The van der Waals surface area contributed by atoms with E-state index < -0.39 is 10.0 Å². The highest BCUT2D eigenvalue weighted by molar-refractivity contribution is 9.10. The summed E-state index contributed by atoms with van der Waals surface area (Å²) in [4.78, 5) is 0.292. The summed E-state index contributed by atoms with van der Waals surface area (Å²) in [5.74, 6) is 0. The minimum Gasteiger partial charge on any atom is -0.313 e. The number of hydrogen-bond acceptors (Lipinski definition) is 3. The lowest BCUT2D eigenvalue weighted by Crippen LogP contribution is -2.43. The van der Waals surface area contributed by atoms with E-state index in [1.54, 1.807) is 24.3 Å². The van der Waals surface area contributed by atoms with Crippen LogP contribution in [-0.2, 0) is 10.0 Å². The second-order valence-electron chi connectivity index (χ2n) is 4.43. The van der Waals surface area contributed by atoms with Crippen LogP contribution in [0.5, 0.6) is 0 Å². The van der Waals surface area contributed by atoms with Crippen molar-refractivity contribution in [3.05, 3.63) is 28.7 Å². The molecule has 7 heteroatoms. The molecule has 4 nitrogen and oxygen atoms in total.